The molecule has 0 saturated carbocycles. The lowest BCUT2D eigenvalue weighted by Crippen LogP contribution is -2.39. The van der Waals surface area contributed by atoms with Gasteiger partial charge < -0.3 is 4.74 Å². The monoisotopic (exact) mass is 501 g/mol. The van der Waals surface area contributed by atoms with Crippen LogP contribution in [0.25, 0.3) is 11.1 Å². The van der Waals surface area contributed by atoms with E-state index in [-0.39, 0.29) is 10.6 Å². The van der Waals surface area contributed by atoms with E-state index in [9.17, 15) is 26.8 Å². The molecule has 184 valence electrons. The van der Waals surface area contributed by atoms with Gasteiger partial charge in [0.25, 0.3) is 5.91 Å². The van der Waals surface area contributed by atoms with Gasteiger partial charge in [-0.2, -0.15) is 0 Å². The van der Waals surface area contributed by atoms with E-state index < -0.39 is 51.1 Å². The molecule has 0 N–H and O–H groups in total. The Morgan fingerprint density at radius 3 is 2.00 bits per heavy atom. The van der Waals surface area contributed by atoms with Gasteiger partial charge in [0.15, 0.2) is 9.84 Å². The van der Waals surface area contributed by atoms with Crippen molar-refractivity contribution in [2.24, 2.45) is 0 Å². The van der Waals surface area contributed by atoms with Crippen molar-refractivity contribution >= 4 is 27.4 Å². The largest absolute Gasteiger partial charge is 0.459 e. The number of ether oxygens (including phenoxy) is 1. The van der Waals surface area contributed by atoms with Crippen molar-refractivity contribution in [3.8, 4) is 11.1 Å². The minimum absolute atomic E-state index is 0.147. The SMILES string of the molecule is CC(C)(C)OC(=O)CN(C(=O)c1c(F)cccc1F)c1cccc(-c2ccc(S(C)(=O)=O)cc2)c1. The fourth-order valence-corrected chi connectivity index (χ4v) is 4.00. The maximum Gasteiger partial charge on any atom is 0.326 e. The number of nitrogens with zero attached hydrogens (tertiary/aromatic N) is 1. The third-order valence-electron chi connectivity index (χ3n) is 4.90. The van der Waals surface area contributed by atoms with Crippen LogP contribution in [-0.4, -0.2) is 38.7 Å². The van der Waals surface area contributed by atoms with E-state index in [1.54, 1.807) is 51.1 Å². The molecule has 0 heterocycles. The summed E-state index contributed by atoms with van der Waals surface area (Å²) in [7, 11) is -3.38. The van der Waals surface area contributed by atoms with Gasteiger partial charge in [-0.05, 0) is 68.3 Å². The summed E-state index contributed by atoms with van der Waals surface area (Å²) >= 11 is 0. The summed E-state index contributed by atoms with van der Waals surface area (Å²) in [5.41, 5.74) is -0.190. The molecule has 3 aromatic carbocycles. The Hall–Kier alpha value is -3.59. The number of halogens is 2. The molecule has 0 bridgehead atoms. The van der Waals surface area contributed by atoms with Crippen molar-refractivity contribution in [3.05, 3.63) is 83.9 Å². The summed E-state index contributed by atoms with van der Waals surface area (Å²) in [5.74, 6) is -3.92. The van der Waals surface area contributed by atoms with E-state index in [1.165, 1.54) is 18.2 Å². The van der Waals surface area contributed by atoms with Crippen LogP contribution in [0.15, 0.2) is 71.6 Å². The van der Waals surface area contributed by atoms with E-state index in [1.807, 2.05) is 0 Å². The van der Waals surface area contributed by atoms with Crippen LogP contribution in [0.3, 0.4) is 0 Å². The van der Waals surface area contributed by atoms with Gasteiger partial charge in [0.05, 0.1) is 4.90 Å². The predicted molar refractivity (Wildman–Crippen MR) is 129 cm³/mol. The molecule has 0 aliphatic carbocycles. The molecular weight excluding hydrogens is 476 g/mol. The first-order valence-corrected chi connectivity index (χ1v) is 12.5. The molecule has 1 amide bonds. The third-order valence-corrected chi connectivity index (χ3v) is 6.03. The summed E-state index contributed by atoms with van der Waals surface area (Å²) in [6.07, 6.45) is 1.10. The zero-order chi connectivity index (χ0) is 26.0. The topological polar surface area (TPSA) is 80.8 Å². The molecule has 0 saturated heterocycles. The molecule has 0 fully saturated rings. The molecule has 3 rings (SSSR count). The van der Waals surface area contributed by atoms with Crippen LogP contribution in [0, 0.1) is 11.6 Å². The highest BCUT2D eigenvalue weighted by molar-refractivity contribution is 7.90. The molecule has 9 heteroatoms. The zero-order valence-corrected chi connectivity index (χ0v) is 20.5. The van der Waals surface area contributed by atoms with Gasteiger partial charge in [0.1, 0.15) is 29.3 Å². The van der Waals surface area contributed by atoms with Crippen molar-refractivity contribution in [3.63, 3.8) is 0 Å². The van der Waals surface area contributed by atoms with E-state index in [0.29, 0.717) is 11.1 Å². The van der Waals surface area contributed by atoms with Crippen molar-refractivity contribution < 1.29 is 31.5 Å². The first-order valence-electron chi connectivity index (χ1n) is 10.6. The Labute approximate surface area is 203 Å². The molecule has 0 aliphatic heterocycles. The molecule has 0 radical (unpaired) electrons. The standard InChI is InChI=1S/C26H25F2NO5S/c1-26(2,3)34-23(30)16-29(25(31)24-21(27)9-6-10-22(24)28)19-8-5-7-18(15-19)17-11-13-20(14-12-17)35(4,32)33/h5-15H,16H2,1-4H3. The first kappa shape index (κ1) is 26.0. The molecule has 0 aliphatic rings. The number of sulfone groups is 1. The van der Waals surface area contributed by atoms with Crippen LogP contribution in [0.5, 0.6) is 0 Å². The van der Waals surface area contributed by atoms with E-state index in [2.05, 4.69) is 0 Å². The van der Waals surface area contributed by atoms with Crippen LogP contribution in [0.2, 0.25) is 0 Å². The highest BCUT2D eigenvalue weighted by Gasteiger charge is 2.28. The van der Waals surface area contributed by atoms with Gasteiger partial charge in [0.2, 0.25) is 0 Å². The number of hydrogen-bond donors (Lipinski definition) is 0. The Kier molecular flexibility index (Phi) is 7.40. The number of benzene rings is 3. The number of esters is 1. The lowest BCUT2D eigenvalue weighted by Gasteiger charge is -2.26. The molecule has 0 aromatic heterocycles. The Morgan fingerprint density at radius 1 is 0.886 bits per heavy atom. The zero-order valence-electron chi connectivity index (χ0n) is 19.7. The second-order valence-corrected chi connectivity index (χ2v) is 10.9. The van der Waals surface area contributed by atoms with E-state index in [4.69, 9.17) is 4.74 Å². The van der Waals surface area contributed by atoms with Crippen LogP contribution in [-0.2, 0) is 19.4 Å². The number of rotatable bonds is 6. The van der Waals surface area contributed by atoms with Gasteiger partial charge in [-0.25, -0.2) is 17.2 Å². The fourth-order valence-electron chi connectivity index (χ4n) is 3.37. The summed E-state index contributed by atoms with van der Waals surface area (Å²) in [5, 5.41) is 0. The van der Waals surface area contributed by atoms with Crippen LogP contribution in [0.4, 0.5) is 14.5 Å². The van der Waals surface area contributed by atoms with Gasteiger partial charge in [0, 0.05) is 11.9 Å². The maximum absolute atomic E-state index is 14.4. The molecule has 0 unspecified atom stereocenters. The summed E-state index contributed by atoms with van der Waals surface area (Å²) in [4.78, 5) is 26.9. The van der Waals surface area contributed by atoms with Crippen LogP contribution >= 0.6 is 0 Å². The first-order chi connectivity index (χ1) is 16.3. The Balaban J connectivity index is 2.05. The van der Waals surface area contributed by atoms with Crippen molar-refractivity contribution in [2.45, 2.75) is 31.3 Å². The lowest BCUT2D eigenvalue weighted by atomic mass is 10.0. The van der Waals surface area contributed by atoms with Gasteiger partial charge in [-0.1, -0.05) is 30.3 Å². The Bertz CT molecular complexity index is 1340. The van der Waals surface area contributed by atoms with E-state index in [0.717, 1.165) is 29.4 Å². The number of anilines is 1. The molecule has 0 atom stereocenters. The molecular formula is C26H25F2NO5S. The van der Waals surface area contributed by atoms with Gasteiger partial charge in [-0.15, -0.1) is 0 Å². The predicted octanol–water partition coefficient (Wildman–Crippen LogP) is 5.02. The van der Waals surface area contributed by atoms with Crippen molar-refractivity contribution in [1.29, 1.82) is 0 Å². The summed E-state index contributed by atoms with van der Waals surface area (Å²) in [6, 6.07) is 15.6. The minimum Gasteiger partial charge on any atom is -0.459 e. The average molecular weight is 502 g/mol. The Morgan fingerprint density at radius 2 is 1.46 bits per heavy atom. The molecule has 3 aromatic rings. The molecule has 0 spiro atoms. The highest BCUT2D eigenvalue weighted by atomic mass is 32.2. The molecule has 6 nitrogen and oxygen atoms in total. The van der Waals surface area contributed by atoms with Crippen LogP contribution < -0.4 is 4.90 Å². The van der Waals surface area contributed by atoms with Gasteiger partial charge >= 0.3 is 5.97 Å². The second-order valence-electron chi connectivity index (χ2n) is 8.92. The normalized spacial score (nSPS) is 11.7. The number of carbonyl (C=O) groups is 2. The van der Waals surface area contributed by atoms with Crippen LogP contribution in [0.1, 0.15) is 31.1 Å². The number of amides is 1. The highest BCUT2D eigenvalue weighted by Crippen LogP contribution is 2.28. The number of hydrogen-bond acceptors (Lipinski definition) is 5. The van der Waals surface area contributed by atoms with Crippen molar-refractivity contribution in [2.75, 3.05) is 17.7 Å². The lowest BCUT2D eigenvalue weighted by molar-refractivity contribution is -0.152. The fraction of sp³-hybridized carbons (Fsp3) is 0.231. The summed E-state index contributed by atoms with van der Waals surface area (Å²) < 4.78 is 57.6. The van der Waals surface area contributed by atoms with Crippen molar-refractivity contribution in [1.82, 2.24) is 0 Å². The minimum atomic E-state index is -3.38. The smallest absolute Gasteiger partial charge is 0.326 e. The summed E-state index contributed by atoms with van der Waals surface area (Å²) in [6.45, 7) is 4.40. The third kappa shape index (κ3) is 6.51. The average Bonchev–Trinajstić information content (AvgIpc) is 2.75. The quantitative estimate of drug-likeness (QED) is 0.443. The molecule has 35 heavy (non-hydrogen) atoms. The number of carbonyl (C=O) groups excluding carboxylic acids is 2. The van der Waals surface area contributed by atoms with E-state index >= 15 is 0 Å². The second kappa shape index (κ2) is 9.95. The maximum atomic E-state index is 14.4. The van der Waals surface area contributed by atoms with Gasteiger partial charge in [-0.3, -0.25) is 14.5 Å².